The van der Waals surface area contributed by atoms with E-state index in [-0.39, 0.29) is 36.6 Å². The van der Waals surface area contributed by atoms with Crippen LogP contribution in [0.25, 0.3) is 11.3 Å². The molecule has 0 saturated carbocycles. The zero-order valence-electron chi connectivity index (χ0n) is 20.4. The average molecular weight is 504 g/mol. The highest BCUT2D eigenvalue weighted by molar-refractivity contribution is 6.32. The van der Waals surface area contributed by atoms with E-state index in [9.17, 15) is 15.0 Å². The molecule has 0 bridgehead atoms. The Kier molecular flexibility index (Phi) is 7.92. The third-order valence-corrected chi connectivity index (χ3v) is 6.90. The summed E-state index contributed by atoms with van der Waals surface area (Å²) in [7, 11) is 0. The van der Waals surface area contributed by atoms with Crippen LogP contribution in [0.3, 0.4) is 0 Å². The van der Waals surface area contributed by atoms with E-state index < -0.39 is 6.23 Å². The van der Waals surface area contributed by atoms with E-state index in [0.717, 1.165) is 29.5 Å². The van der Waals surface area contributed by atoms with Crippen LogP contribution in [-0.4, -0.2) is 69.4 Å². The average Bonchev–Trinajstić information content (AvgIpc) is 3.13. The van der Waals surface area contributed by atoms with Crippen LogP contribution in [0.15, 0.2) is 24.4 Å². The van der Waals surface area contributed by atoms with Gasteiger partial charge < -0.3 is 25.6 Å². The maximum atomic E-state index is 12.6. The van der Waals surface area contributed by atoms with Crippen molar-refractivity contribution in [1.29, 1.82) is 0 Å². The summed E-state index contributed by atoms with van der Waals surface area (Å²) in [6, 6.07) is 5.61. The fourth-order valence-electron chi connectivity index (χ4n) is 4.39. The van der Waals surface area contributed by atoms with Crippen LogP contribution >= 0.6 is 11.6 Å². The molecule has 2 aliphatic rings. The van der Waals surface area contributed by atoms with Crippen LogP contribution in [-0.2, 0) is 16.1 Å². The summed E-state index contributed by atoms with van der Waals surface area (Å²) in [5, 5.41) is 27.2. The van der Waals surface area contributed by atoms with Gasteiger partial charge in [0.25, 0.3) is 0 Å². The first kappa shape index (κ1) is 25.8. The summed E-state index contributed by atoms with van der Waals surface area (Å²) >= 11 is 6.44. The molecule has 9 nitrogen and oxygen atoms in total. The maximum Gasteiger partial charge on any atom is 0.234 e. The summed E-state index contributed by atoms with van der Waals surface area (Å²) in [5.41, 5.74) is 2.73. The van der Waals surface area contributed by atoms with Crippen molar-refractivity contribution in [2.45, 2.75) is 58.5 Å². The van der Waals surface area contributed by atoms with Crippen molar-refractivity contribution in [3.63, 3.8) is 0 Å². The summed E-state index contributed by atoms with van der Waals surface area (Å²) in [6.07, 6.45) is 2.44. The SMILES string of the molecule is CC(C)(C)[C@@H](CO)NC(=O)CN1Cc2ccc(-c3nc(NC4CCOCC4)ncc3Cl)cc2C1O. The minimum atomic E-state index is -0.932. The second-order valence-corrected chi connectivity index (χ2v) is 10.7. The summed E-state index contributed by atoms with van der Waals surface area (Å²) in [6.45, 7) is 7.62. The molecule has 190 valence electrons. The van der Waals surface area contributed by atoms with E-state index in [0.29, 0.717) is 36.4 Å². The molecule has 1 aromatic heterocycles. The molecule has 1 saturated heterocycles. The Hall–Kier alpha value is -2.30. The number of aliphatic hydroxyl groups is 2. The molecule has 1 aromatic carbocycles. The van der Waals surface area contributed by atoms with Crippen molar-refractivity contribution in [3.8, 4) is 11.3 Å². The Morgan fingerprint density at radius 1 is 1.31 bits per heavy atom. The van der Waals surface area contributed by atoms with Gasteiger partial charge in [-0.05, 0) is 29.9 Å². The van der Waals surface area contributed by atoms with Crippen molar-refractivity contribution >= 4 is 23.5 Å². The smallest absolute Gasteiger partial charge is 0.234 e. The number of halogens is 1. The molecule has 2 aromatic rings. The number of fused-ring (bicyclic) bond motifs is 1. The number of benzene rings is 1. The largest absolute Gasteiger partial charge is 0.394 e. The van der Waals surface area contributed by atoms with Crippen molar-refractivity contribution in [2.24, 2.45) is 5.41 Å². The fraction of sp³-hybridized carbons (Fsp3) is 0.560. The number of carbonyl (C=O) groups is 1. The second-order valence-electron chi connectivity index (χ2n) is 10.3. The van der Waals surface area contributed by atoms with Crippen LogP contribution in [0.4, 0.5) is 5.95 Å². The lowest BCUT2D eigenvalue weighted by atomic mass is 9.87. The number of amides is 1. The molecule has 1 unspecified atom stereocenters. The number of hydrogen-bond donors (Lipinski definition) is 4. The molecule has 1 fully saturated rings. The van der Waals surface area contributed by atoms with Crippen molar-refractivity contribution in [3.05, 3.63) is 40.5 Å². The van der Waals surface area contributed by atoms with Gasteiger partial charge in [-0.15, -0.1) is 0 Å². The Labute approximate surface area is 210 Å². The highest BCUT2D eigenvalue weighted by Gasteiger charge is 2.32. The van der Waals surface area contributed by atoms with Gasteiger partial charge in [0.1, 0.15) is 6.23 Å². The molecule has 4 rings (SSSR count). The van der Waals surface area contributed by atoms with Gasteiger partial charge in [0.05, 0.1) is 36.1 Å². The third-order valence-electron chi connectivity index (χ3n) is 6.63. The van der Waals surface area contributed by atoms with Crippen LogP contribution in [0.2, 0.25) is 5.02 Å². The van der Waals surface area contributed by atoms with Crippen LogP contribution < -0.4 is 10.6 Å². The van der Waals surface area contributed by atoms with Gasteiger partial charge in [-0.1, -0.05) is 44.5 Å². The quantitative estimate of drug-likeness (QED) is 0.455. The van der Waals surface area contributed by atoms with Gasteiger partial charge in [-0.2, -0.15) is 0 Å². The molecule has 10 heteroatoms. The van der Waals surface area contributed by atoms with Crippen molar-refractivity contribution < 1.29 is 19.7 Å². The molecule has 0 radical (unpaired) electrons. The van der Waals surface area contributed by atoms with E-state index in [4.69, 9.17) is 16.3 Å². The zero-order chi connectivity index (χ0) is 25.2. The number of nitrogens with zero attached hydrogens (tertiary/aromatic N) is 3. The summed E-state index contributed by atoms with van der Waals surface area (Å²) < 4.78 is 5.41. The van der Waals surface area contributed by atoms with E-state index in [1.807, 2.05) is 39.0 Å². The number of aromatic nitrogens is 2. The zero-order valence-corrected chi connectivity index (χ0v) is 21.2. The molecular formula is C25H34ClN5O4. The van der Waals surface area contributed by atoms with Crippen molar-refractivity contribution in [2.75, 3.05) is 31.7 Å². The number of rotatable bonds is 7. The van der Waals surface area contributed by atoms with Gasteiger partial charge in [0.15, 0.2) is 0 Å². The molecule has 0 spiro atoms. The van der Waals surface area contributed by atoms with Gasteiger partial charge in [0, 0.05) is 36.9 Å². The molecule has 2 atom stereocenters. The molecule has 1 amide bonds. The summed E-state index contributed by atoms with van der Waals surface area (Å²) in [5.74, 6) is 0.265. The fourth-order valence-corrected chi connectivity index (χ4v) is 4.60. The predicted octanol–water partition coefficient (Wildman–Crippen LogP) is 2.72. The first-order chi connectivity index (χ1) is 16.7. The highest BCUT2D eigenvalue weighted by atomic mass is 35.5. The number of hydrogen-bond acceptors (Lipinski definition) is 8. The normalized spacial score (nSPS) is 19.9. The molecule has 2 aliphatic heterocycles. The van der Waals surface area contributed by atoms with Crippen LogP contribution in [0, 0.1) is 5.41 Å². The predicted molar refractivity (Wildman–Crippen MR) is 134 cm³/mol. The summed E-state index contributed by atoms with van der Waals surface area (Å²) in [4.78, 5) is 23.3. The molecule has 4 N–H and O–H groups in total. The lowest BCUT2D eigenvalue weighted by molar-refractivity contribution is -0.127. The Balaban J connectivity index is 1.47. The molecule has 0 aliphatic carbocycles. The van der Waals surface area contributed by atoms with E-state index in [2.05, 4.69) is 20.6 Å². The van der Waals surface area contributed by atoms with Gasteiger partial charge in [0.2, 0.25) is 11.9 Å². The van der Waals surface area contributed by atoms with E-state index in [1.165, 1.54) is 0 Å². The Morgan fingerprint density at radius 2 is 2.06 bits per heavy atom. The number of nitrogens with one attached hydrogen (secondary N) is 2. The lowest BCUT2D eigenvalue weighted by Gasteiger charge is -2.30. The topological polar surface area (TPSA) is 120 Å². The standard InChI is InChI=1S/C25H34ClN5O4/c1-25(2,3)20(14-32)29-21(33)13-31-12-16-5-4-15(10-18(16)23(31)34)22-19(26)11-27-24(30-22)28-17-6-8-35-9-7-17/h4-5,10-11,17,20,23,32,34H,6-9,12-14H2,1-3H3,(H,29,33)(H,27,28,30)/t20-,23?/m1/s1. The minimum absolute atomic E-state index is 0.0190. The Morgan fingerprint density at radius 3 is 2.74 bits per heavy atom. The first-order valence-electron chi connectivity index (χ1n) is 12.0. The van der Waals surface area contributed by atoms with Gasteiger partial charge in [-0.25, -0.2) is 9.97 Å². The number of ether oxygens (including phenoxy) is 1. The molecule has 3 heterocycles. The van der Waals surface area contributed by atoms with Crippen LogP contribution in [0.5, 0.6) is 0 Å². The number of aliphatic hydroxyl groups excluding tert-OH is 2. The number of anilines is 1. The lowest BCUT2D eigenvalue weighted by Crippen LogP contribution is -2.49. The number of carbonyl (C=O) groups excluding carboxylic acids is 1. The van der Waals surface area contributed by atoms with E-state index >= 15 is 0 Å². The maximum absolute atomic E-state index is 12.6. The van der Waals surface area contributed by atoms with Gasteiger partial charge >= 0.3 is 0 Å². The molecular weight excluding hydrogens is 470 g/mol. The second kappa shape index (κ2) is 10.8. The highest BCUT2D eigenvalue weighted by Crippen LogP contribution is 2.36. The van der Waals surface area contributed by atoms with Crippen molar-refractivity contribution in [1.82, 2.24) is 20.2 Å². The Bertz CT molecular complexity index is 1050. The minimum Gasteiger partial charge on any atom is -0.394 e. The van der Waals surface area contributed by atoms with Gasteiger partial charge in [-0.3, -0.25) is 9.69 Å². The molecule has 35 heavy (non-hydrogen) atoms. The first-order valence-corrected chi connectivity index (χ1v) is 12.4. The van der Waals surface area contributed by atoms with E-state index in [1.54, 1.807) is 11.1 Å². The third kappa shape index (κ3) is 6.10. The van der Waals surface area contributed by atoms with Crippen LogP contribution in [0.1, 0.15) is 51.0 Å². The monoisotopic (exact) mass is 503 g/mol.